The number of pyridine rings is 1. The van der Waals surface area contributed by atoms with Gasteiger partial charge in [-0.3, -0.25) is 9.88 Å². The maximum Gasteiger partial charge on any atom is 0.332 e. The molecule has 0 bridgehead atoms. The first-order valence-electron chi connectivity index (χ1n) is 5.59. The predicted octanol–water partition coefficient (Wildman–Crippen LogP) is 1.85. The zero-order chi connectivity index (χ0) is 12.8. The van der Waals surface area contributed by atoms with Crippen LogP contribution in [0.1, 0.15) is 18.3 Å². The van der Waals surface area contributed by atoms with Gasteiger partial charge < -0.3 is 5.11 Å². The summed E-state index contributed by atoms with van der Waals surface area (Å²) < 4.78 is 0. The number of rotatable bonds is 6. The van der Waals surface area contributed by atoms with Crippen LogP contribution in [-0.4, -0.2) is 34.0 Å². The summed E-state index contributed by atoms with van der Waals surface area (Å²) in [5.41, 5.74) is 2.13. The Morgan fingerprint density at radius 2 is 2.24 bits per heavy atom. The molecule has 0 radical (unpaired) electrons. The van der Waals surface area contributed by atoms with E-state index in [1.165, 1.54) is 0 Å². The van der Waals surface area contributed by atoms with Crippen LogP contribution in [0.5, 0.6) is 0 Å². The van der Waals surface area contributed by atoms with Crippen LogP contribution in [0.3, 0.4) is 0 Å². The molecular formula is C13H18N2O2. The quantitative estimate of drug-likeness (QED) is 0.763. The molecule has 0 saturated carbocycles. The van der Waals surface area contributed by atoms with E-state index in [0.29, 0.717) is 13.1 Å². The topological polar surface area (TPSA) is 53.4 Å². The highest BCUT2D eigenvalue weighted by molar-refractivity contribution is 5.86. The molecule has 4 nitrogen and oxygen atoms in total. The van der Waals surface area contributed by atoms with E-state index in [4.69, 9.17) is 5.11 Å². The van der Waals surface area contributed by atoms with E-state index in [2.05, 4.69) is 11.6 Å². The third kappa shape index (κ3) is 4.36. The van der Waals surface area contributed by atoms with Gasteiger partial charge in [-0.1, -0.05) is 19.6 Å². The average molecular weight is 234 g/mol. The summed E-state index contributed by atoms with van der Waals surface area (Å²) in [6.45, 7) is 9.24. The number of carboxylic acids is 1. The van der Waals surface area contributed by atoms with Gasteiger partial charge in [0, 0.05) is 24.4 Å². The average Bonchev–Trinajstić information content (AvgIpc) is 2.27. The summed E-state index contributed by atoms with van der Waals surface area (Å²) in [5.74, 6) is -0.944. The summed E-state index contributed by atoms with van der Waals surface area (Å²) in [5, 5.41) is 8.79. The van der Waals surface area contributed by atoms with E-state index in [1.807, 2.05) is 36.9 Å². The number of hydrogen-bond donors (Lipinski definition) is 1. The minimum atomic E-state index is -0.944. The van der Waals surface area contributed by atoms with E-state index in [9.17, 15) is 4.79 Å². The molecule has 92 valence electrons. The monoisotopic (exact) mass is 234 g/mol. The smallest absolute Gasteiger partial charge is 0.332 e. The van der Waals surface area contributed by atoms with Gasteiger partial charge in [-0.05, 0) is 25.6 Å². The summed E-state index contributed by atoms with van der Waals surface area (Å²) in [4.78, 5) is 17.1. The van der Waals surface area contributed by atoms with Gasteiger partial charge in [0.1, 0.15) is 0 Å². The van der Waals surface area contributed by atoms with Crippen LogP contribution in [-0.2, 0) is 11.3 Å². The number of hydrogen-bond acceptors (Lipinski definition) is 3. The fourth-order valence-corrected chi connectivity index (χ4v) is 1.53. The van der Waals surface area contributed by atoms with Crippen LogP contribution < -0.4 is 0 Å². The van der Waals surface area contributed by atoms with Gasteiger partial charge in [0.15, 0.2) is 0 Å². The molecular weight excluding hydrogens is 216 g/mol. The minimum Gasteiger partial charge on any atom is -0.478 e. The van der Waals surface area contributed by atoms with E-state index >= 15 is 0 Å². The lowest BCUT2D eigenvalue weighted by atomic mass is 10.2. The number of likely N-dealkylation sites (N-methyl/N-ethyl adjacent to an activating group) is 1. The maximum absolute atomic E-state index is 10.7. The van der Waals surface area contributed by atoms with Crippen molar-refractivity contribution in [3.8, 4) is 0 Å². The van der Waals surface area contributed by atoms with Crippen molar-refractivity contribution in [3.63, 3.8) is 0 Å². The summed E-state index contributed by atoms with van der Waals surface area (Å²) >= 11 is 0. The Morgan fingerprint density at radius 1 is 1.53 bits per heavy atom. The van der Waals surface area contributed by atoms with Crippen molar-refractivity contribution in [2.75, 3.05) is 13.1 Å². The molecule has 1 N–H and O–H groups in total. The molecule has 0 aliphatic rings. The molecule has 17 heavy (non-hydrogen) atoms. The van der Waals surface area contributed by atoms with Crippen molar-refractivity contribution < 1.29 is 9.90 Å². The van der Waals surface area contributed by atoms with Crippen LogP contribution in [0.25, 0.3) is 0 Å². The van der Waals surface area contributed by atoms with Crippen LogP contribution in [0.15, 0.2) is 30.4 Å². The van der Waals surface area contributed by atoms with E-state index in [1.54, 1.807) is 0 Å². The molecule has 0 unspecified atom stereocenters. The molecule has 1 aromatic heterocycles. The van der Waals surface area contributed by atoms with Crippen molar-refractivity contribution in [3.05, 3.63) is 41.7 Å². The van der Waals surface area contributed by atoms with Crippen LogP contribution in [0.2, 0.25) is 0 Å². The first-order chi connectivity index (χ1) is 8.02. The lowest BCUT2D eigenvalue weighted by molar-refractivity contribution is -0.132. The molecule has 0 aliphatic heterocycles. The van der Waals surface area contributed by atoms with Crippen molar-refractivity contribution >= 4 is 5.97 Å². The lowest BCUT2D eigenvalue weighted by Gasteiger charge is -2.19. The van der Waals surface area contributed by atoms with Crippen LogP contribution in [0.4, 0.5) is 0 Å². The molecule has 4 heteroatoms. The third-order valence-electron chi connectivity index (χ3n) is 2.50. The van der Waals surface area contributed by atoms with Gasteiger partial charge >= 0.3 is 5.97 Å². The van der Waals surface area contributed by atoms with Gasteiger partial charge in [0.25, 0.3) is 0 Å². The van der Waals surface area contributed by atoms with Crippen molar-refractivity contribution in [2.24, 2.45) is 0 Å². The SMILES string of the molecule is C=C(CN(CC)Cc1cccc(C)n1)C(=O)O. The summed E-state index contributed by atoms with van der Waals surface area (Å²) in [7, 11) is 0. The normalized spacial score (nSPS) is 10.5. The second kappa shape index (κ2) is 6.15. The standard InChI is InChI=1S/C13H18N2O2/c1-4-15(8-10(2)13(16)17)9-12-7-5-6-11(3)14-12/h5-7H,2,4,8-9H2,1,3H3,(H,16,17). The Labute approximate surface area is 102 Å². The Kier molecular flexibility index (Phi) is 4.84. The third-order valence-corrected chi connectivity index (χ3v) is 2.50. The summed E-state index contributed by atoms with van der Waals surface area (Å²) in [6, 6.07) is 5.84. The van der Waals surface area contributed by atoms with E-state index in [-0.39, 0.29) is 5.57 Å². The van der Waals surface area contributed by atoms with Gasteiger partial charge in [-0.15, -0.1) is 0 Å². The minimum absolute atomic E-state index is 0.208. The summed E-state index contributed by atoms with van der Waals surface area (Å²) in [6.07, 6.45) is 0. The fourth-order valence-electron chi connectivity index (χ4n) is 1.53. The molecule has 0 amide bonds. The Balaban J connectivity index is 2.64. The number of aryl methyl sites for hydroxylation is 1. The van der Waals surface area contributed by atoms with Crippen LogP contribution in [0, 0.1) is 6.92 Å². The van der Waals surface area contributed by atoms with E-state index < -0.39 is 5.97 Å². The van der Waals surface area contributed by atoms with Gasteiger partial charge in [0.2, 0.25) is 0 Å². The highest BCUT2D eigenvalue weighted by Crippen LogP contribution is 2.05. The number of carboxylic acid groups (broad SMARTS) is 1. The fraction of sp³-hybridized carbons (Fsp3) is 0.385. The molecule has 0 atom stereocenters. The van der Waals surface area contributed by atoms with Gasteiger partial charge in [-0.2, -0.15) is 0 Å². The lowest BCUT2D eigenvalue weighted by Crippen LogP contribution is -2.27. The molecule has 1 heterocycles. The number of aromatic nitrogens is 1. The highest BCUT2D eigenvalue weighted by atomic mass is 16.4. The largest absolute Gasteiger partial charge is 0.478 e. The number of nitrogens with zero attached hydrogens (tertiary/aromatic N) is 2. The number of carbonyl (C=O) groups is 1. The molecule has 0 spiro atoms. The Hall–Kier alpha value is -1.68. The number of aliphatic carboxylic acids is 1. The Morgan fingerprint density at radius 3 is 2.76 bits per heavy atom. The zero-order valence-corrected chi connectivity index (χ0v) is 10.3. The first kappa shape index (κ1) is 13.4. The molecule has 1 aromatic rings. The molecule has 1 rings (SSSR count). The molecule has 0 saturated heterocycles. The molecule has 0 fully saturated rings. The zero-order valence-electron chi connectivity index (χ0n) is 10.3. The van der Waals surface area contributed by atoms with Gasteiger partial charge in [0.05, 0.1) is 5.69 Å². The first-order valence-corrected chi connectivity index (χ1v) is 5.59. The second-order valence-electron chi connectivity index (χ2n) is 3.98. The van der Waals surface area contributed by atoms with Crippen molar-refractivity contribution in [1.82, 2.24) is 9.88 Å². The maximum atomic E-state index is 10.7. The Bertz CT molecular complexity index is 416. The molecule has 0 aromatic carbocycles. The predicted molar refractivity (Wildman–Crippen MR) is 66.7 cm³/mol. The molecule has 0 aliphatic carbocycles. The van der Waals surface area contributed by atoms with Gasteiger partial charge in [-0.25, -0.2) is 4.79 Å². The van der Waals surface area contributed by atoms with Crippen molar-refractivity contribution in [2.45, 2.75) is 20.4 Å². The highest BCUT2D eigenvalue weighted by Gasteiger charge is 2.10. The van der Waals surface area contributed by atoms with E-state index in [0.717, 1.165) is 17.9 Å². The second-order valence-corrected chi connectivity index (χ2v) is 3.98. The van der Waals surface area contributed by atoms with Crippen molar-refractivity contribution in [1.29, 1.82) is 0 Å². The van der Waals surface area contributed by atoms with Crippen LogP contribution >= 0.6 is 0 Å².